The molecule has 1 amide bonds. The SMILES string of the molecule is Cc1ccc2c(CN(C)CC(=O)Nc3ccc(N4CCOCC4)cc3)cc(=O)oc2c1. The summed E-state index contributed by atoms with van der Waals surface area (Å²) in [5.74, 6) is -0.107. The fourth-order valence-corrected chi connectivity index (χ4v) is 3.84. The summed E-state index contributed by atoms with van der Waals surface area (Å²) in [6, 6.07) is 15.2. The molecule has 1 aromatic heterocycles. The van der Waals surface area contributed by atoms with E-state index in [0.717, 1.165) is 54.2 Å². The van der Waals surface area contributed by atoms with Crippen molar-refractivity contribution in [1.29, 1.82) is 0 Å². The smallest absolute Gasteiger partial charge is 0.336 e. The number of amides is 1. The summed E-state index contributed by atoms with van der Waals surface area (Å²) in [6.07, 6.45) is 0. The number of benzene rings is 2. The van der Waals surface area contributed by atoms with Crippen molar-refractivity contribution in [1.82, 2.24) is 4.90 Å². The molecule has 7 nitrogen and oxygen atoms in total. The van der Waals surface area contributed by atoms with Crippen molar-refractivity contribution >= 4 is 28.3 Å². The number of ether oxygens (including phenoxy) is 1. The van der Waals surface area contributed by atoms with Crippen LogP contribution in [0.3, 0.4) is 0 Å². The van der Waals surface area contributed by atoms with Crippen molar-refractivity contribution in [2.24, 2.45) is 0 Å². The number of morpholine rings is 1. The average Bonchev–Trinajstić information content (AvgIpc) is 2.74. The quantitative estimate of drug-likeness (QED) is 0.617. The molecule has 0 saturated carbocycles. The molecule has 1 aliphatic heterocycles. The number of nitrogens with one attached hydrogen (secondary N) is 1. The molecule has 2 heterocycles. The molecule has 0 bridgehead atoms. The Labute approximate surface area is 181 Å². The summed E-state index contributed by atoms with van der Waals surface area (Å²) in [5, 5.41) is 3.83. The van der Waals surface area contributed by atoms with Crippen LogP contribution in [0.1, 0.15) is 11.1 Å². The topological polar surface area (TPSA) is 75.0 Å². The molecule has 1 saturated heterocycles. The van der Waals surface area contributed by atoms with Crippen LogP contribution in [0.5, 0.6) is 0 Å². The number of likely N-dealkylation sites (N-methyl/N-ethyl adjacent to an activating group) is 1. The fourth-order valence-electron chi connectivity index (χ4n) is 3.84. The van der Waals surface area contributed by atoms with Crippen LogP contribution in [0.15, 0.2) is 57.7 Å². The number of aryl methyl sites for hydroxylation is 1. The van der Waals surface area contributed by atoms with E-state index in [0.29, 0.717) is 12.1 Å². The lowest BCUT2D eigenvalue weighted by atomic mass is 10.1. The Hall–Kier alpha value is -3.16. The van der Waals surface area contributed by atoms with E-state index in [9.17, 15) is 9.59 Å². The van der Waals surface area contributed by atoms with E-state index in [1.165, 1.54) is 6.07 Å². The molecule has 162 valence electrons. The van der Waals surface area contributed by atoms with Crippen LogP contribution >= 0.6 is 0 Å². The molecule has 2 aromatic carbocycles. The van der Waals surface area contributed by atoms with E-state index in [1.54, 1.807) is 0 Å². The summed E-state index contributed by atoms with van der Waals surface area (Å²) in [6.45, 7) is 5.86. The summed E-state index contributed by atoms with van der Waals surface area (Å²) in [4.78, 5) is 28.6. The lowest BCUT2D eigenvalue weighted by molar-refractivity contribution is -0.117. The Morgan fingerprint density at radius 1 is 1.10 bits per heavy atom. The number of carbonyl (C=O) groups is 1. The van der Waals surface area contributed by atoms with Crippen molar-refractivity contribution in [3.8, 4) is 0 Å². The maximum atomic E-state index is 12.5. The number of fused-ring (bicyclic) bond motifs is 1. The second kappa shape index (κ2) is 9.32. The molecule has 0 unspecified atom stereocenters. The van der Waals surface area contributed by atoms with Gasteiger partial charge in [-0.25, -0.2) is 4.79 Å². The van der Waals surface area contributed by atoms with Gasteiger partial charge in [-0.2, -0.15) is 0 Å². The first-order valence-corrected chi connectivity index (χ1v) is 10.4. The lowest BCUT2D eigenvalue weighted by Crippen LogP contribution is -2.36. The minimum atomic E-state index is -0.383. The van der Waals surface area contributed by atoms with Crippen LogP contribution in [0.2, 0.25) is 0 Å². The second-order valence-electron chi connectivity index (χ2n) is 7.96. The largest absolute Gasteiger partial charge is 0.423 e. The molecule has 0 radical (unpaired) electrons. The van der Waals surface area contributed by atoms with Crippen LogP contribution in [0.25, 0.3) is 11.0 Å². The molecular weight excluding hydrogens is 394 g/mol. The second-order valence-corrected chi connectivity index (χ2v) is 7.96. The van der Waals surface area contributed by atoms with Crippen LogP contribution in [0.4, 0.5) is 11.4 Å². The molecule has 1 fully saturated rings. The zero-order valence-corrected chi connectivity index (χ0v) is 17.9. The first-order chi connectivity index (χ1) is 15.0. The highest BCUT2D eigenvalue weighted by Gasteiger charge is 2.13. The van der Waals surface area contributed by atoms with E-state index in [2.05, 4.69) is 10.2 Å². The molecule has 1 aliphatic rings. The van der Waals surface area contributed by atoms with Gasteiger partial charge in [0.1, 0.15) is 5.58 Å². The number of nitrogens with zero attached hydrogens (tertiary/aromatic N) is 2. The third kappa shape index (κ3) is 5.31. The Kier molecular flexibility index (Phi) is 6.34. The van der Waals surface area contributed by atoms with Gasteiger partial charge in [0, 0.05) is 42.5 Å². The Balaban J connectivity index is 1.37. The normalized spacial score (nSPS) is 14.2. The molecule has 4 rings (SSSR count). The molecule has 3 aromatic rings. The van der Waals surface area contributed by atoms with Crippen molar-refractivity contribution in [3.63, 3.8) is 0 Å². The van der Waals surface area contributed by atoms with E-state index in [1.807, 2.05) is 61.3 Å². The minimum absolute atomic E-state index is 0.107. The number of rotatable bonds is 6. The van der Waals surface area contributed by atoms with E-state index in [4.69, 9.17) is 9.15 Å². The summed E-state index contributed by atoms with van der Waals surface area (Å²) in [7, 11) is 1.86. The predicted octanol–water partition coefficient (Wildman–Crippen LogP) is 3.01. The standard InChI is InChI=1S/C24H27N3O4/c1-17-3-8-21-18(14-24(29)31-22(21)13-17)15-26(2)16-23(28)25-19-4-6-20(7-5-19)27-9-11-30-12-10-27/h3-8,13-14H,9-12,15-16H2,1-2H3,(H,25,28). The monoisotopic (exact) mass is 421 g/mol. The fraction of sp³-hybridized carbons (Fsp3) is 0.333. The molecular formula is C24H27N3O4. The van der Waals surface area contributed by atoms with Gasteiger partial charge in [0.25, 0.3) is 0 Å². The van der Waals surface area contributed by atoms with Gasteiger partial charge in [0.05, 0.1) is 19.8 Å². The molecule has 7 heteroatoms. The molecule has 31 heavy (non-hydrogen) atoms. The zero-order chi connectivity index (χ0) is 21.8. The van der Waals surface area contributed by atoms with Gasteiger partial charge in [0.15, 0.2) is 0 Å². The van der Waals surface area contributed by atoms with Crippen LogP contribution in [-0.2, 0) is 16.1 Å². The Bertz CT molecular complexity index is 1120. The molecule has 0 aliphatic carbocycles. The van der Waals surface area contributed by atoms with Gasteiger partial charge in [0.2, 0.25) is 5.91 Å². The summed E-state index contributed by atoms with van der Waals surface area (Å²) >= 11 is 0. The minimum Gasteiger partial charge on any atom is -0.423 e. The zero-order valence-electron chi connectivity index (χ0n) is 17.9. The van der Waals surface area contributed by atoms with Gasteiger partial charge >= 0.3 is 5.63 Å². The van der Waals surface area contributed by atoms with Crippen molar-refractivity contribution in [2.75, 3.05) is 50.1 Å². The third-order valence-electron chi connectivity index (χ3n) is 5.37. The Morgan fingerprint density at radius 3 is 2.58 bits per heavy atom. The number of hydrogen-bond donors (Lipinski definition) is 1. The van der Waals surface area contributed by atoms with Crippen LogP contribution < -0.4 is 15.8 Å². The molecule has 0 spiro atoms. The van der Waals surface area contributed by atoms with Crippen molar-refractivity contribution in [3.05, 3.63) is 70.1 Å². The van der Waals surface area contributed by atoms with E-state index >= 15 is 0 Å². The van der Waals surface area contributed by atoms with Crippen molar-refractivity contribution < 1.29 is 13.9 Å². The number of carbonyl (C=O) groups excluding carboxylic acids is 1. The number of hydrogen-bond acceptors (Lipinski definition) is 6. The van der Waals surface area contributed by atoms with Crippen LogP contribution in [0, 0.1) is 6.92 Å². The van der Waals surface area contributed by atoms with Crippen molar-refractivity contribution in [2.45, 2.75) is 13.5 Å². The Morgan fingerprint density at radius 2 is 1.84 bits per heavy atom. The third-order valence-corrected chi connectivity index (χ3v) is 5.37. The lowest BCUT2D eigenvalue weighted by Gasteiger charge is -2.28. The maximum Gasteiger partial charge on any atom is 0.336 e. The summed E-state index contributed by atoms with van der Waals surface area (Å²) in [5.41, 5.74) is 3.95. The van der Waals surface area contributed by atoms with Crippen LogP contribution in [-0.4, -0.2) is 50.7 Å². The number of anilines is 2. The summed E-state index contributed by atoms with van der Waals surface area (Å²) < 4.78 is 10.7. The molecule has 0 atom stereocenters. The van der Waals surface area contributed by atoms with Gasteiger partial charge in [-0.15, -0.1) is 0 Å². The van der Waals surface area contributed by atoms with Gasteiger partial charge in [-0.05, 0) is 55.4 Å². The first-order valence-electron chi connectivity index (χ1n) is 10.4. The maximum absolute atomic E-state index is 12.5. The highest BCUT2D eigenvalue weighted by molar-refractivity contribution is 5.92. The molecule has 1 N–H and O–H groups in total. The van der Waals surface area contributed by atoms with Gasteiger partial charge in [-0.1, -0.05) is 12.1 Å². The van der Waals surface area contributed by atoms with E-state index < -0.39 is 0 Å². The van der Waals surface area contributed by atoms with E-state index in [-0.39, 0.29) is 18.1 Å². The van der Waals surface area contributed by atoms with Gasteiger partial charge in [-0.3, -0.25) is 9.69 Å². The highest BCUT2D eigenvalue weighted by atomic mass is 16.5. The predicted molar refractivity (Wildman–Crippen MR) is 122 cm³/mol. The highest BCUT2D eigenvalue weighted by Crippen LogP contribution is 2.21. The average molecular weight is 421 g/mol. The van der Waals surface area contributed by atoms with Gasteiger partial charge < -0.3 is 19.4 Å². The first kappa shape index (κ1) is 21.1.